The molecule has 0 aliphatic heterocycles. The first-order valence-corrected chi connectivity index (χ1v) is 22.0. The van der Waals surface area contributed by atoms with Crippen LogP contribution in [-0.4, -0.2) is 4.57 Å². The van der Waals surface area contributed by atoms with E-state index in [9.17, 15) is 0 Å². The second kappa shape index (κ2) is 13.1. The molecule has 3 heterocycles. The third-order valence-corrected chi connectivity index (χ3v) is 14.7. The van der Waals surface area contributed by atoms with Gasteiger partial charge in [-0.2, -0.15) is 0 Å². The van der Waals surface area contributed by atoms with E-state index in [1.807, 2.05) is 22.7 Å². The van der Waals surface area contributed by atoms with Crippen molar-refractivity contribution < 1.29 is 0 Å². The molecule has 0 bridgehead atoms. The van der Waals surface area contributed by atoms with Gasteiger partial charge in [-0.1, -0.05) is 133 Å². The molecule has 0 atom stereocenters. The van der Waals surface area contributed by atoms with E-state index in [2.05, 4.69) is 216 Å². The number of anilines is 3. The number of rotatable bonds is 5. The summed E-state index contributed by atoms with van der Waals surface area (Å²) in [5.41, 5.74) is 9.46. The second-order valence-corrected chi connectivity index (χ2v) is 17.8. The lowest BCUT2D eigenvalue weighted by Gasteiger charge is -2.27. The Morgan fingerprint density at radius 2 is 0.967 bits per heavy atom. The fourth-order valence-corrected chi connectivity index (χ4v) is 11.9. The van der Waals surface area contributed by atoms with Crippen LogP contribution < -0.4 is 4.90 Å². The van der Waals surface area contributed by atoms with Gasteiger partial charge in [0.25, 0.3) is 0 Å². The monoisotopic (exact) mass is 798 g/mol. The predicted molar refractivity (Wildman–Crippen MR) is 262 cm³/mol. The van der Waals surface area contributed by atoms with Gasteiger partial charge in [0.2, 0.25) is 0 Å². The van der Waals surface area contributed by atoms with Crippen LogP contribution in [0.5, 0.6) is 0 Å². The van der Waals surface area contributed by atoms with E-state index in [4.69, 9.17) is 0 Å². The number of hydrogen-bond donors (Lipinski definition) is 0. The summed E-state index contributed by atoms with van der Waals surface area (Å²) in [4.78, 5) is 2.43. The van der Waals surface area contributed by atoms with Crippen LogP contribution in [0, 0.1) is 0 Å². The SMILES string of the molecule is c1ccc2cc3c(cc2c1)c1ccccc1n3-c1cc(-c2ccc(N(c3ccc4c(c3)sc3ccccc34)c3cccc4ccccc34)cc2)c2sc3ccccc3c2c1. The van der Waals surface area contributed by atoms with Crippen LogP contribution in [0.2, 0.25) is 0 Å². The number of fused-ring (bicyclic) bond motifs is 11. The average molecular weight is 799 g/mol. The molecule has 3 aromatic heterocycles. The van der Waals surface area contributed by atoms with Gasteiger partial charge in [0, 0.05) is 79.1 Å². The van der Waals surface area contributed by atoms with Crippen molar-refractivity contribution in [2.24, 2.45) is 0 Å². The molecule has 2 nitrogen and oxygen atoms in total. The van der Waals surface area contributed by atoms with Crippen LogP contribution in [-0.2, 0) is 0 Å². The van der Waals surface area contributed by atoms with Crippen molar-refractivity contribution in [1.82, 2.24) is 4.57 Å². The van der Waals surface area contributed by atoms with E-state index in [0.29, 0.717) is 0 Å². The molecule has 4 heteroatoms. The Morgan fingerprint density at radius 3 is 1.78 bits per heavy atom. The number of benzene rings is 10. The second-order valence-electron chi connectivity index (χ2n) is 15.7. The lowest BCUT2D eigenvalue weighted by molar-refractivity contribution is 1.19. The number of aromatic nitrogens is 1. The molecule has 13 aromatic rings. The van der Waals surface area contributed by atoms with Crippen LogP contribution in [0.3, 0.4) is 0 Å². The predicted octanol–water partition coefficient (Wildman–Crippen LogP) is 17.0. The molecule has 0 aliphatic rings. The van der Waals surface area contributed by atoms with Crippen LogP contribution >= 0.6 is 22.7 Å². The van der Waals surface area contributed by atoms with Crippen LogP contribution in [0.1, 0.15) is 0 Å². The molecule has 60 heavy (non-hydrogen) atoms. The lowest BCUT2D eigenvalue weighted by Crippen LogP contribution is -2.10. The summed E-state index contributed by atoms with van der Waals surface area (Å²) in [5.74, 6) is 0. The fourth-order valence-electron chi connectivity index (χ4n) is 9.56. The molecule has 0 unspecified atom stereocenters. The topological polar surface area (TPSA) is 8.17 Å². The van der Waals surface area contributed by atoms with E-state index >= 15 is 0 Å². The number of hydrogen-bond acceptors (Lipinski definition) is 3. The highest BCUT2D eigenvalue weighted by Crippen LogP contribution is 2.46. The van der Waals surface area contributed by atoms with Crippen molar-refractivity contribution in [3.05, 3.63) is 206 Å². The highest BCUT2D eigenvalue weighted by atomic mass is 32.1. The summed E-state index contributed by atoms with van der Waals surface area (Å²) in [5, 5.41) is 12.7. The minimum atomic E-state index is 1.12. The number of para-hydroxylation sites is 1. The van der Waals surface area contributed by atoms with Crippen molar-refractivity contribution in [1.29, 1.82) is 0 Å². The molecular weight excluding hydrogens is 765 g/mol. The third-order valence-electron chi connectivity index (χ3n) is 12.3. The maximum Gasteiger partial charge on any atom is 0.0547 e. The maximum absolute atomic E-state index is 2.48. The standard InChI is InChI=1S/C56H34N2S2/c1-2-14-38-31-52-48(30-37(38)13-1)43-17-5-8-20-51(43)58(52)41-32-47(56-49(33-41)45-19-7-10-23-54(45)60-56)36-24-26-39(27-25-36)57(50-21-11-15-35-12-3-4-16-42(35)50)40-28-29-46-44-18-6-9-22-53(44)59-55(46)34-40/h1-34H. The normalized spacial score (nSPS) is 12.0. The average Bonchev–Trinajstić information content (AvgIpc) is 3.97. The van der Waals surface area contributed by atoms with Crippen molar-refractivity contribution in [3.63, 3.8) is 0 Å². The van der Waals surface area contributed by atoms with Crippen LogP contribution in [0.15, 0.2) is 206 Å². The van der Waals surface area contributed by atoms with Gasteiger partial charge in [0.1, 0.15) is 0 Å². The zero-order chi connectivity index (χ0) is 39.3. The van der Waals surface area contributed by atoms with Gasteiger partial charge >= 0.3 is 0 Å². The molecule has 0 fully saturated rings. The molecule has 0 radical (unpaired) electrons. The van der Waals surface area contributed by atoms with Crippen molar-refractivity contribution in [2.45, 2.75) is 0 Å². The van der Waals surface area contributed by atoms with Crippen LogP contribution in [0.25, 0.3) is 101 Å². The fraction of sp³-hybridized carbons (Fsp3) is 0. The first-order valence-electron chi connectivity index (χ1n) is 20.4. The largest absolute Gasteiger partial charge is 0.310 e. The van der Waals surface area contributed by atoms with Gasteiger partial charge in [-0.15, -0.1) is 22.7 Å². The first-order chi connectivity index (χ1) is 29.7. The molecule has 13 rings (SSSR count). The van der Waals surface area contributed by atoms with Crippen LogP contribution in [0.4, 0.5) is 17.1 Å². The van der Waals surface area contributed by atoms with E-state index < -0.39 is 0 Å². The van der Waals surface area contributed by atoms with Crippen molar-refractivity contribution in [2.75, 3.05) is 4.90 Å². The lowest BCUT2D eigenvalue weighted by atomic mass is 10.00. The summed E-state index contributed by atoms with van der Waals surface area (Å²) in [6, 6.07) is 76.3. The first kappa shape index (κ1) is 33.7. The molecule has 0 saturated carbocycles. The Hall–Kier alpha value is -7.24. The molecule has 0 saturated heterocycles. The van der Waals surface area contributed by atoms with Gasteiger partial charge in [-0.3, -0.25) is 0 Å². The summed E-state index contributed by atoms with van der Waals surface area (Å²) in [6.45, 7) is 0. The van der Waals surface area contributed by atoms with Crippen molar-refractivity contribution >= 4 is 123 Å². The summed E-state index contributed by atoms with van der Waals surface area (Å²) in [6.07, 6.45) is 0. The summed E-state index contributed by atoms with van der Waals surface area (Å²) >= 11 is 3.75. The number of nitrogens with zero attached hydrogens (tertiary/aromatic N) is 2. The molecule has 0 spiro atoms. The summed E-state index contributed by atoms with van der Waals surface area (Å²) < 4.78 is 7.69. The minimum Gasteiger partial charge on any atom is -0.310 e. The Labute approximate surface area is 354 Å². The third kappa shape index (κ3) is 5.11. The zero-order valence-electron chi connectivity index (χ0n) is 32.3. The van der Waals surface area contributed by atoms with Gasteiger partial charge in [-0.05, 0) is 94.5 Å². The van der Waals surface area contributed by atoms with Gasteiger partial charge in [-0.25, -0.2) is 0 Å². The van der Waals surface area contributed by atoms with E-state index in [-0.39, 0.29) is 0 Å². The minimum absolute atomic E-state index is 1.12. The molecule has 0 N–H and O–H groups in total. The summed E-state index contributed by atoms with van der Waals surface area (Å²) in [7, 11) is 0. The smallest absolute Gasteiger partial charge is 0.0547 e. The molecule has 10 aromatic carbocycles. The molecule has 0 aliphatic carbocycles. The van der Waals surface area contributed by atoms with Gasteiger partial charge < -0.3 is 9.47 Å². The Bertz CT molecular complexity index is 3840. The Morgan fingerprint density at radius 1 is 0.350 bits per heavy atom. The molecular formula is C56H34N2S2. The maximum atomic E-state index is 2.48. The quantitative estimate of drug-likeness (QED) is 0.168. The van der Waals surface area contributed by atoms with E-state index in [1.165, 1.54) is 101 Å². The number of thiophene rings is 2. The van der Waals surface area contributed by atoms with E-state index in [1.54, 1.807) is 0 Å². The highest BCUT2D eigenvalue weighted by molar-refractivity contribution is 7.26. The Kier molecular flexibility index (Phi) is 7.38. The van der Waals surface area contributed by atoms with Crippen molar-refractivity contribution in [3.8, 4) is 16.8 Å². The highest BCUT2D eigenvalue weighted by Gasteiger charge is 2.20. The zero-order valence-corrected chi connectivity index (χ0v) is 34.0. The molecule has 0 amide bonds. The Balaban J connectivity index is 1.02. The van der Waals surface area contributed by atoms with E-state index in [0.717, 1.165) is 17.1 Å². The van der Waals surface area contributed by atoms with Gasteiger partial charge in [0.05, 0.1) is 16.7 Å². The molecule has 280 valence electrons. The van der Waals surface area contributed by atoms with Gasteiger partial charge in [0.15, 0.2) is 0 Å².